The molecule has 1 N–H and O–H groups in total. The van der Waals surface area contributed by atoms with Gasteiger partial charge in [-0.05, 0) is 18.2 Å². The molecule has 0 saturated heterocycles. The summed E-state index contributed by atoms with van der Waals surface area (Å²) in [7, 11) is -4.38. The third-order valence-corrected chi connectivity index (χ3v) is 5.44. The van der Waals surface area contributed by atoms with Crippen LogP contribution in [0.2, 0.25) is 0 Å². The number of benzene rings is 1. The first-order valence-corrected chi connectivity index (χ1v) is 9.26. The number of ether oxygens (including phenoxy) is 1. The lowest BCUT2D eigenvalue weighted by Crippen LogP contribution is -2.29. The first-order valence-electron chi connectivity index (χ1n) is 7.78. The molecule has 1 aliphatic heterocycles. The summed E-state index contributed by atoms with van der Waals surface area (Å²) in [6.45, 7) is -0.584. The lowest BCUT2D eigenvalue weighted by Gasteiger charge is -2.15. The maximum atomic E-state index is 13.6. The van der Waals surface area contributed by atoms with Crippen LogP contribution in [0.25, 0.3) is 0 Å². The average molecular weight is 411 g/mol. The predicted octanol–water partition coefficient (Wildman–Crippen LogP) is 2.23. The molecule has 2 heterocycles. The van der Waals surface area contributed by atoms with Gasteiger partial charge in [0.25, 0.3) is 0 Å². The molecule has 27 heavy (non-hydrogen) atoms. The van der Waals surface area contributed by atoms with Crippen LogP contribution in [0.4, 0.5) is 22.0 Å². The Balaban J connectivity index is 1.78. The molecule has 0 radical (unpaired) electrons. The standard InChI is InChI=1S/C15H14F5N3O3S/c16-9-1-2-11(17)13(7-9)27(24,25)21-4-5-23-12-3-6-26-8-10(12)14(22-23)15(18,19)20/h1-2,7,21H,3-6,8H2. The SMILES string of the molecule is O=S(=O)(NCCn1nc(C(F)(F)F)c2c1CCOC2)c1cc(F)ccc1F. The highest BCUT2D eigenvalue weighted by atomic mass is 32.2. The molecule has 6 nitrogen and oxygen atoms in total. The van der Waals surface area contributed by atoms with Crippen molar-refractivity contribution in [2.75, 3.05) is 13.2 Å². The van der Waals surface area contributed by atoms with E-state index in [1.54, 1.807) is 0 Å². The minimum atomic E-state index is -4.67. The molecule has 1 aromatic carbocycles. The summed E-state index contributed by atoms with van der Waals surface area (Å²) in [6, 6.07) is 1.96. The van der Waals surface area contributed by atoms with Crippen molar-refractivity contribution in [1.82, 2.24) is 14.5 Å². The Morgan fingerprint density at radius 1 is 1.26 bits per heavy atom. The van der Waals surface area contributed by atoms with Crippen LogP contribution < -0.4 is 4.72 Å². The van der Waals surface area contributed by atoms with Crippen molar-refractivity contribution in [3.63, 3.8) is 0 Å². The van der Waals surface area contributed by atoms with Crippen LogP contribution in [-0.4, -0.2) is 31.3 Å². The smallest absolute Gasteiger partial charge is 0.376 e. The monoisotopic (exact) mass is 411 g/mol. The minimum Gasteiger partial charge on any atom is -0.376 e. The Labute approximate surface area is 151 Å². The fourth-order valence-corrected chi connectivity index (χ4v) is 3.88. The number of sulfonamides is 1. The van der Waals surface area contributed by atoms with Crippen molar-refractivity contribution in [1.29, 1.82) is 0 Å². The average Bonchev–Trinajstić information content (AvgIpc) is 2.96. The largest absolute Gasteiger partial charge is 0.435 e. The van der Waals surface area contributed by atoms with Crippen LogP contribution in [0.3, 0.4) is 0 Å². The Morgan fingerprint density at radius 2 is 2.00 bits per heavy atom. The summed E-state index contributed by atoms with van der Waals surface area (Å²) in [4.78, 5) is -0.880. The summed E-state index contributed by atoms with van der Waals surface area (Å²) in [6.07, 6.45) is -4.47. The molecule has 0 saturated carbocycles. The molecule has 1 aromatic heterocycles. The second-order valence-corrected chi connectivity index (χ2v) is 7.51. The zero-order valence-electron chi connectivity index (χ0n) is 13.7. The molecule has 148 valence electrons. The van der Waals surface area contributed by atoms with Crippen molar-refractivity contribution in [2.45, 2.75) is 30.6 Å². The predicted molar refractivity (Wildman–Crippen MR) is 82.1 cm³/mol. The van der Waals surface area contributed by atoms with Gasteiger partial charge in [-0.25, -0.2) is 21.9 Å². The van der Waals surface area contributed by atoms with E-state index in [1.807, 2.05) is 4.72 Å². The van der Waals surface area contributed by atoms with Gasteiger partial charge in [0.2, 0.25) is 10.0 Å². The lowest BCUT2D eigenvalue weighted by molar-refractivity contribution is -0.142. The van der Waals surface area contributed by atoms with E-state index in [-0.39, 0.29) is 38.3 Å². The fraction of sp³-hybridized carbons (Fsp3) is 0.400. The second-order valence-electron chi connectivity index (χ2n) is 5.77. The molecule has 0 unspecified atom stereocenters. The van der Waals surface area contributed by atoms with Crippen LogP contribution in [-0.2, 0) is 40.5 Å². The number of rotatable bonds is 5. The van der Waals surface area contributed by atoms with Crippen LogP contribution >= 0.6 is 0 Å². The summed E-state index contributed by atoms with van der Waals surface area (Å²) < 4.78 is 98.4. The number of alkyl halides is 3. The highest BCUT2D eigenvalue weighted by molar-refractivity contribution is 7.89. The van der Waals surface area contributed by atoms with Gasteiger partial charge in [0, 0.05) is 24.2 Å². The molecular weight excluding hydrogens is 397 g/mol. The van der Waals surface area contributed by atoms with E-state index in [2.05, 4.69) is 5.10 Å². The molecule has 0 amide bonds. The summed E-state index contributed by atoms with van der Waals surface area (Å²) in [5.41, 5.74) is -0.839. The normalized spacial score (nSPS) is 15.0. The van der Waals surface area contributed by atoms with E-state index in [0.29, 0.717) is 17.8 Å². The summed E-state index contributed by atoms with van der Waals surface area (Å²) in [5, 5.41) is 3.53. The summed E-state index contributed by atoms with van der Waals surface area (Å²) >= 11 is 0. The van der Waals surface area contributed by atoms with Crippen molar-refractivity contribution in [3.05, 3.63) is 46.8 Å². The molecular formula is C15H14F5N3O3S. The quantitative estimate of drug-likeness (QED) is 0.766. The lowest BCUT2D eigenvalue weighted by atomic mass is 10.1. The zero-order valence-corrected chi connectivity index (χ0v) is 14.5. The zero-order chi connectivity index (χ0) is 19.8. The van der Waals surface area contributed by atoms with E-state index in [9.17, 15) is 30.4 Å². The highest BCUT2D eigenvalue weighted by Gasteiger charge is 2.39. The maximum Gasteiger partial charge on any atom is 0.435 e. The molecule has 3 rings (SSSR count). The Kier molecular flexibility index (Phi) is 5.23. The van der Waals surface area contributed by atoms with E-state index >= 15 is 0 Å². The number of aromatic nitrogens is 2. The Bertz CT molecular complexity index is 956. The van der Waals surface area contributed by atoms with Crippen molar-refractivity contribution >= 4 is 10.0 Å². The summed E-state index contributed by atoms with van der Waals surface area (Å²) in [5.74, 6) is -2.08. The van der Waals surface area contributed by atoms with Gasteiger partial charge in [0.15, 0.2) is 5.69 Å². The van der Waals surface area contributed by atoms with Crippen LogP contribution in [0.1, 0.15) is 17.0 Å². The van der Waals surface area contributed by atoms with Gasteiger partial charge in [-0.15, -0.1) is 0 Å². The number of hydrogen-bond acceptors (Lipinski definition) is 4. The molecule has 0 spiro atoms. The van der Waals surface area contributed by atoms with Crippen LogP contribution in [0.5, 0.6) is 0 Å². The van der Waals surface area contributed by atoms with Gasteiger partial charge in [-0.2, -0.15) is 18.3 Å². The molecule has 0 bridgehead atoms. The molecule has 0 fully saturated rings. The van der Waals surface area contributed by atoms with Gasteiger partial charge in [-0.1, -0.05) is 0 Å². The van der Waals surface area contributed by atoms with Crippen LogP contribution in [0.15, 0.2) is 23.1 Å². The molecule has 12 heteroatoms. The molecule has 0 atom stereocenters. The first-order chi connectivity index (χ1) is 12.6. The number of hydrogen-bond donors (Lipinski definition) is 1. The van der Waals surface area contributed by atoms with Crippen molar-refractivity contribution < 1.29 is 35.1 Å². The Hall–Kier alpha value is -2.05. The number of nitrogens with one attached hydrogen (secondary N) is 1. The van der Waals surface area contributed by atoms with Gasteiger partial charge < -0.3 is 4.74 Å². The minimum absolute atomic E-state index is 0.0761. The topological polar surface area (TPSA) is 73.2 Å². The third-order valence-electron chi connectivity index (χ3n) is 3.96. The molecule has 2 aromatic rings. The third kappa shape index (κ3) is 4.12. The fourth-order valence-electron chi connectivity index (χ4n) is 2.77. The van der Waals surface area contributed by atoms with Gasteiger partial charge in [0.05, 0.1) is 19.8 Å². The second kappa shape index (κ2) is 7.17. The van der Waals surface area contributed by atoms with E-state index in [4.69, 9.17) is 4.74 Å². The molecule has 0 aliphatic carbocycles. The van der Waals surface area contributed by atoms with Crippen molar-refractivity contribution in [3.8, 4) is 0 Å². The highest BCUT2D eigenvalue weighted by Crippen LogP contribution is 2.34. The van der Waals surface area contributed by atoms with Gasteiger partial charge in [0.1, 0.15) is 16.5 Å². The van der Waals surface area contributed by atoms with E-state index < -0.39 is 38.4 Å². The number of nitrogens with zero attached hydrogens (tertiary/aromatic N) is 2. The Morgan fingerprint density at radius 3 is 2.70 bits per heavy atom. The van der Waals surface area contributed by atoms with E-state index in [0.717, 1.165) is 10.7 Å². The van der Waals surface area contributed by atoms with Gasteiger partial charge in [-0.3, -0.25) is 4.68 Å². The first kappa shape index (κ1) is 19.7. The molecule has 1 aliphatic rings. The van der Waals surface area contributed by atoms with Gasteiger partial charge >= 0.3 is 6.18 Å². The van der Waals surface area contributed by atoms with Crippen molar-refractivity contribution in [2.24, 2.45) is 0 Å². The number of fused-ring (bicyclic) bond motifs is 1. The maximum absolute atomic E-state index is 13.6. The number of halogens is 5. The van der Waals surface area contributed by atoms with Crippen LogP contribution in [0, 0.1) is 11.6 Å². The van der Waals surface area contributed by atoms with E-state index in [1.165, 1.54) is 0 Å².